The predicted molar refractivity (Wildman–Crippen MR) is 66.8 cm³/mol. The molecule has 0 fully saturated rings. The third kappa shape index (κ3) is 4.29. The van der Waals surface area contributed by atoms with Crippen molar-refractivity contribution in [1.82, 2.24) is 0 Å². The monoisotopic (exact) mass is 427 g/mol. The van der Waals surface area contributed by atoms with Crippen LogP contribution in [0.4, 0.5) is 0 Å². The zero-order chi connectivity index (χ0) is 10.4. The van der Waals surface area contributed by atoms with Crippen LogP contribution >= 0.6 is 22.6 Å². The molecule has 1 aromatic rings. The highest BCUT2D eigenvalue weighted by molar-refractivity contribution is 14.1. The predicted octanol–water partition coefficient (Wildman–Crippen LogP) is -1.22. The Hall–Kier alpha value is -0.440. The maximum atomic E-state index is 5.28. The standard InChI is InChI=1S/C10H10IN3.HI/c1-2-8(11)10(14-7-12)9-5-3-4-6-13-9;/h2-7H,1H2,(H2,12,14);1H/b10-8+;. The molecule has 0 saturated carbocycles. The fourth-order valence-electron chi connectivity index (χ4n) is 0.972. The van der Waals surface area contributed by atoms with Crippen LogP contribution in [0.5, 0.6) is 0 Å². The van der Waals surface area contributed by atoms with E-state index < -0.39 is 0 Å². The molecule has 0 unspecified atom stereocenters. The van der Waals surface area contributed by atoms with E-state index in [0.717, 1.165) is 15.0 Å². The summed E-state index contributed by atoms with van der Waals surface area (Å²) in [6, 6.07) is 5.78. The fourth-order valence-corrected chi connectivity index (χ4v) is 1.40. The van der Waals surface area contributed by atoms with Gasteiger partial charge in [-0.1, -0.05) is 12.7 Å². The summed E-state index contributed by atoms with van der Waals surface area (Å²) in [6.07, 6.45) is 4.86. The van der Waals surface area contributed by atoms with Gasteiger partial charge in [0.25, 0.3) is 0 Å². The summed E-state index contributed by atoms with van der Waals surface area (Å²) in [7, 11) is 0. The van der Waals surface area contributed by atoms with E-state index in [-0.39, 0.29) is 24.0 Å². The molecule has 0 aromatic carbocycles. The van der Waals surface area contributed by atoms with Crippen molar-refractivity contribution in [1.29, 1.82) is 0 Å². The molecule has 0 aliphatic rings. The van der Waals surface area contributed by atoms with Crippen LogP contribution in [0.3, 0.4) is 0 Å². The molecule has 0 aliphatic carbocycles. The van der Waals surface area contributed by atoms with Crippen LogP contribution in [0.25, 0.3) is 5.70 Å². The van der Waals surface area contributed by atoms with Crippen LogP contribution in [0.1, 0.15) is 5.69 Å². The highest BCUT2D eigenvalue weighted by Gasteiger charge is 2.09. The van der Waals surface area contributed by atoms with Gasteiger partial charge in [0, 0.05) is 15.7 Å². The normalized spacial score (nSPS) is 11.8. The molecular formula is C10H11I2N3. The number of aromatic amines is 1. The van der Waals surface area contributed by atoms with Crippen molar-refractivity contribution in [3.05, 3.63) is 46.3 Å². The number of hydrogen-bond donors (Lipinski definition) is 1. The van der Waals surface area contributed by atoms with E-state index in [1.807, 2.05) is 24.4 Å². The second-order valence-corrected chi connectivity index (χ2v) is 3.62. The first-order chi connectivity index (χ1) is 6.79. The number of pyridine rings is 1. The Morgan fingerprint density at radius 2 is 2.27 bits per heavy atom. The number of rotatable bonds is 3. The van der Waals surface area contributed by atoms with Gasteiger partial charge < -0.3 is 29.7 Å². The number of allylic oxidation sites excluding steroid dienone is 2. The molecule has 0 amide bonds. The van der Waals surface area contributed by atoms with E-state index in [0.29, 0.717) is 0 Å². The Morgan fingerprint density at radius 3 is 2.73 bits per heavy atom. The number of halogens is 2. The lowest BCUT2D eigenvalue weighted by Gasteiger charge is -1.96. The molecule has 0 saturated heterocycles. The highest BCUT2D eigenvalue weighted by atomic mass is 127. The van der Waals surface area contributed by atoms with Crippen molar-refractivity contribution >= 4 is 34.6 Å². The number of hydrogen-bond acceptors (Lipinski definition) is 1. The number of nitrogens with zero attached hydrogens (tertiary/aromatic N) is 1. The molecule has 0 bridgehead atoms. The smallest absolute Gasteiger partial charge is 0.230 e. The number of H-pyrrole nitrogens is 1. The Labute approximate surface area is 120 Å². The van der Waals surface area contributed by atoms with Crippen molar-refractivity contribution in [2.75, 3.05) is 0 Å². The van der Waals surface area contributed by atoms with E-state index in [2.05, 4.69) is 39.1 Å². The van der Waals surface area contributed by atoms with Crippen molar-refractivity contribution in [3.8, 4) is 0 Å². The number of nitrogens with two attached hydrogens (primary N) is 1. The van der Waals surface area contributed by atoms with Gasteiger partial charge in [0.05, 0.1) is 6.34 Å². The van der Waals surface area contributed by atoms with Gasteiger partial charge in [-0.2, -0.15) is 0 Å². The van der Waals surface area contributed by atoms with Crippen molar-refractivity contribution in [2.45, 2.75) is 0 Å². The fraction of sp³-hybridized carbons (Fsp3) is 0. The molecule has 0 aliphatic heterocycles. The first-order valence-electron chi connectivity index (χ1n) is 4.03. The minimum atomic E-state index is 0. The van der Waals surface area contributed by atoms with Gasteiger partial charge in [-0.3, -0.25) is 0 Å². The summed E-state index contributed by atoms with van der Waals surface area (Å²) in [5.41, 5.74) is 6.99. The van der Waals surface area contributed by atoms with E-state index in [1.54, 1.807) is 6.08 Å². The van der Waals surface area contributed by atoms with Gasteiger partial charge in [0.15, 0.2) is 6.20 Å². The van der Waals surface area contributed by atoms with Crippen LogP contribution in [0, 0.1) is 0 Å². The van der Waals surface area contributed by atoms with Crippen molar-refractivity contribution in [2.24, 2.45) is 10.7 Å². The molecule has 15 heavy (non-hydrogen) atoms. The summed E-state index contributed by atoms with van der Waals surface area (Å²) < 4.78 is 0.951. The van der Waals surface area contributed by atoms with Crippen molar-refractivity contribution in [3.63, 3.8) is 0 Å². The molecule has 1 heterocycles. The Bertz CT molecular complexity index is 372. The minimum absolute atomic E-state index is 0. The maximum Gasteiger partial charge on any atom is 0.230 e. The molecule has 3 nitrogen and oxygen atoms in total. The topological polar surface area (TPSA) is 52.5 Å². The Morgan fingerprint density at radius 1 is 1.53 bits per heavy atom. The molecule has 0 atom stereocenters. The van der Waals surface area contributed by atoms with Gasteiger partial charge in [0.2, 0.25) is 5.69 Å². The summed E-state index contributed by atoms with van der Waals surface area (Å²) in [4.78, 5) is 7.18. The third-order valence-corrected chi connectivity index (χ3v) is 2.52. The summed E-state index contributed by atoms with van der Waals surface area (Å²) in [5.74, 6) is 0. The zero-order valence-corrected chi connectivity index (χ0v) is 12.3. The lowest BCUT2D eigenvalue weighted by Crippen LogP contribution is -3.00. The number of nitrogens with one attached hydrogen (secondary N) is 1. The largest absolute Gasteiger partial charge is 1.00 e. The molecule has 1 aromatic heterocycles. The Kier molecular flexibility index (Phi) is 7.57. The molecule has 80 valence electrons. The van der Waals surface area contributed by atoms with Crippen molar-refractivity contribution < 1.29 is 29.0 Å². The summed E-state index contributed by atoms with van der Waals surface area (Å²) in [5, 5.41) is 0. The lowest BCUT2D eigenvalue weighted by atomic mass is 10.2. The van der Waals surface area contributed by atoms with E-state index in [9.17, 15) is 0 Å². The van der Waals surface area contributed by atoms with Crippen LogP contribution in [-0.4, -0.2) is 6.34 Å². The first kappa shape index (κ1) is 14.6. The second kappa shape index (κ2) is 7.80. The molecule has 0 radical (unpaired) electrons. The molecule has 0 spiro atoms. The number of aliphatic imine (C=N–C) groups is 1. The number of aromatic nitrogens is 1. The molecule has 1 rings (SSSR count). The van der Waals surface area contributed by atoms with Crippen LogP contribution in [0.2, 0.25) is 0 Å². The average molecular weight is 427 g/mol. The highest BCUT2D eigenvalue weighted by Crippen LogP contribution is 2.21. The van der Waals surface area contributed by atoms with Gasteiger partial charge >= 0.3 is 0 Å². The lowest BCUT2D eigenvalue weighted by molar-refractivity contribution is -0.381. The van der Waals surface area contributed by atoms with E-state index in [4.69, 9.17) is 5.73 Å². The molecular weight excluding hydrogens is 416 g/mol. The maximum absolute atomic E-state index is 5.28. The Balaban J connectivity index is 0.00000196. The third-order valence-electron chi connectivity index (χ3n) is 1.57. The van der Waals surface area contributed by atoms with E-state index >= 15 is 0 Å². The average Bonchev–Trinajstić information content (AvgIpc) is 2.26. The zero-order valence-electron chi connectivity index (χ0n) is 7.95. The van der Waals surface area contributed by atoms with Crippen LogP contribution in [0.15, 0.2) is 45.6 Å². The summed E-state index contributed by atoms with van der Waals surface area (Å²) >= 11 is 2.17. The summed E-state index contributed by atoms with van der Waals surface area (Å²) in [6.45, 7) is 3.70. The van der Waals surface area contributed by atoms with E-state index in [1.165, 1.54) is 6.34 Å². The van der Waals surface area contributed by atoms with Gasteiger partial charge in [0.1, 0.15) is 5.70 Å². The van der Waals surface area contributed by atoms with Gasteiger partial charge in [-0.25, -0.2) is 9.98 Å². The van der Waals surface area contributed by atoms with Gasteiger partial charge in [-0.15, -0.1) is 0 Å². The van der Waals surface area contributed by atoms with Crippen LogP contribution in [-0.2, 0) is 0 Å². The minimum Gasteiger partial charge on any atom is -1.00 e. The van der Waals surface area contributed by atoms with Crippen LogP contribution < -0.4 is 34.7 Å². The molecule has 5 heteroatoms. The first-order valence-corrected chi connectivity index (χ1v) is 5.11. The second-order valence-electron chi connectivity index (χ2n) is 2.46. The van der Waals surface area contributed by atoms with Gasteiger partial charge in [-0.05, 0) is 28.7 Å². The molecule has 3 N–H and O–H groups in total. The SMILES string of the molecule is C=C/C(I)=C(\N=CN)c1cccc[nH+]1.[I-]. The quantitative estimate of drug-likeness (QED) is 0.280.